The van der Waals surface area contributed by atoms with E-state index < -0.39 is 17.6 Å². The number of hydrogen-bond acceptors (Lipinski definition) is 1. The third-order valence-corrected chi connectivity index (χ3v) is 3.08. The van der Waals surface area contributed by atoms with Gasteiger partial charge in [0.2, 0.25) is 0 Å². The molecule has 0 saturated carbocycles. The van der Waals surface area contributed by atoms with Crippen molar-refractivity contribution in [3.8, 4) is 5.75 Å². The van der Waals surface area contributed by atoms with Crippen LogP contribution in [0.2, 0.25) is 0 Å². The van der Waals surface area contributed by atoms with Gasteiger partial charge in [0.1, 0.15) is 17.2 Å². The van der Waals surface area contributed by atoms with Crippen LogP contribution in [0, 0.1) is 0 Å². The van der Waals surface area contributed by atoms with Crippen molar-refractivity contribution >= 4 is 15.9 Å². The Balaban J connectivity index is 2.53. The highest BCUT2D eigenvalue weighted by atomic mass is 79.9. The molecule has 0 saturated heterocycles. The highest BCUT2D eigenvalue weighted by Gasteiger charge is 2.38. The second-order valence-electron chi connectivity index (χ2n) is 4.04. The van der Waals surface area contributed by atoms with Crippen LogP contribution in [0.1, 0.15) is 25.3 Å². The van der Waals surface area contributed by atoms with Crippen molar-refractivity contribution in [1.29, 1.82) is 0 Å². The topological polar surface area (TPSA) is 9.23 Å². The van der Waals surface area contributed by atoms with E-state index in [1.54, 1.807) is 12.1 Å². The first-order chi connectivity index (χ1) is 7.80. The van der Waals surface area contributed by atoms with Crippen molar-refractivity contribution in [2.75, 3.05) is 6.61 Å². The van der Waals surface area contributed by atoms with Gasteiger partial charge in [-0.1, -0.05) is 41.9 Å². The van der Waals surface area contributed by atoms with E-state index in [0.29, 0.717) is 11.7 Å². The van der Waals surface area contributed by atoms with Crippen molar-refractivity contribution in [3.63, 3.8) is 0 Å². The largest absolute Gasteiger partial charge is 0.492 e. The Bertz CT molecular complexity index is 346. The molecule has 1 rings (SSSR count). The predicted octanol–water partition coefficient (Wildman–Crippen LogP) is 4.51. The molecule has 0 N–H and O–H groups in total. The monoisotopic (exact) mass is 310 g/mol. The zero-order valence-corrected chi connectivity index (χ0v) is 11.2. The smallest absolute Gasteiger partial charge is 0.404 e. The molecule has 1 aromatic carbocycles. The summed E-state index contributed by atoms with van der Waals surface area (Å²) in [4.78, 5) is -1.64. The quantitative estimate of drug-likeness (QED) is 0.743. The van der Waals surface area contributed by atoms with Crippen LogP contribution in [0.15, 0.2) is 24.3 Å². The Labute approximate surface area is 107 Å². The van der Waals surface area contributed by atoms with E-state index in [2.05, 4.69) is 15.9 Å². The maximum atomic E-state index is 12.2. The van der Waals surface area contributed by atoms with Crippen molar-refractivity contribution in [3.05, 3.63) is 29.8 Å². The maximum Gasteiger partial charge on any atom is 0.404 e. The van der Waals surface area contributed by atoms with Gasteiger partial charge in [-0.05, 0) is 23.6 Å². The van der Waals surface area contributed by atoms with E-state index in [9.17, 15) is 13.2 Å². The van der Waals surface area contributed by atoms with Crippen LogP contribution in [0.4, 0.5) is 13.2 Å². The molecule has 0 fully saturated rings. The first kappa shape index (κ1) is 14.4. The first-order valence-electron chi connectivity index (χ1n) is 5.24. The van der Waals surface area contributed by atoms with Crippen LogP contribution in [-0.4, -0.2) is 17.6 Å². The van der Waals surface area contributed by atoms with Gasteiger partial charge in [-0.25, -0.2) is 0 Å². The molecular weight excluding hydrogens is 297 g/mol. The summed E-state index contributed by atoms with van der Waals surface area (Å²) in [6, 6.07) is 7.09. The van der Waals surface area contributed by atoms with Gasteiger partial charge in [0.25, 0.3) is 0 Å². The van der Waals surface area contributed by atoms with Gasteiger partial charge in [0, 0.05) is 0 Å². The summed E-state index contributed by atoms with van der Waals surface area (Å²) in [6.07, 6.45) is -4.28. The Morgan fingerprint density at radius 2 is 1.71 bits per heavy atom. The third kappa shape index (κ3) is 4.58. The van der Waals surface area contributed by atoms with Crippen molar-refractivity contribution in [1.82, 2.24) is 0 Å². The molecule has 1 unspecified atom stereocenters. The normalized spacial score (nSPS) is 13.8. The Morgan fingerprint density at radius 3 is 2.12 bits per heavy atom. The van der Waals surface area contributed by atoms with Crippen molar-refractivity contribution < 1.29 is 17.9 Å². The van der Waals surface area contributed by atoms with Crippen LogP contribution in [0.3, 0.4) is 0 Å². The van der Waals surface area contributed by atoms with Gasteiger partial charge in [0.05, 0.1) is 0 Å². The second-order valence-corrected chi connectivity index (χ2v) is 5.15. The molecule has 0 spiro atoms. The summed E-state index contributed by atoms with van der Waals surface area (Å²) in [7, 11) is 0. The summed E-state index contributed by atoms with van der Waals surface area (Å²) in [6.45, 7) is 3.67. The molecule has 1 aromatic rings. The predicted molar refractivity (Wildman–Crippen MR) is 64.8 cm³/mol. The molecule has 1 nitrogen and oxygen atoms in total. The molecular formula is C12H14BrF3O. The van der Waals surface area contributed by atoms with Crippen molar-refractivity contribution in [2.45, 2.75) is 30.8 Å². The van der Waals surface area contributed by atoms with Gasteiger partial charge in [-0.2, -0.15) is 13.2 Å². The number of ether oxygens (including phenoxy) is 1. The minimum atomic E-state index is -4.28. The minimum Gasteiger partial charge on any atom is -0.492 e. The standard InChI is InChI=1S/C12H14BrF3O/c1-8(2)9-3-5-10(6-4-9)17-7-11(13)12(14,15)16/h3-6,8,11H,7H2,1-2H3. The fourth-order valence-corrected chi connectivity index (χ4v) is 1.34. The fourth-order valence-electron chi connectivity index (χ4n) is 1.21. The fraction of sp³-hybridized carbons (Fsp3) is 0.500. The van der Waals surface area contributed by atoms with Gasteiger partial charge >= 0.3 is 6.18 Å². The molecule has 0 bridgehead atoms. The van der Waals surface area contributed by atoms with Crippen LogP contribution in [0.25, 0.3) is 0 Å². The zero-order valence-electron chi connectivity index (χ0n) is 9.59. The van der Waals surface area contributed by atoms with Gasteiger partial charge in [0.15, 0.2) is 0 Å². The second kappa shape index (κ2) is 5.76. The average molecular weight is 311 g/mol. The lowest BCUT2D eigenvalue weighted by Gasteiger charge is -2.15. The maximum absolute atomic E-state index is 12.2. The van der Waals surface area contributed by atoms with Crippen LogP contribution >= 0.6 is 15.9 Å². The van der Waals surface area contributed by atoms with Gasteiger partial charge in [-0.3, -0.25) is 0 Å². The molecule has 0 aliphatic heterocycles. The number of halogens is 4. The highest BCUT2D eigenvalue weighted by molar-refractivity contribution is 9.09. The van der Waals surface area contributed by atoms with Crippen LogP contribution in [0.5, 0.6) is 5.75 Å². The average Bonchev–Trinajstić information content (AvgIpc) is 2.25. The van der Waals surface area contributed by atoms with Crippen molar-refractivity contribution in [2.24, 2.45) is 0 Å². The van der Waals surface area contributed by atoms with Crippen LogP contribution in [-0.2, 0) is 0 Å². The van der Waals surface area contributed by atoms with E-state index in [-0.39, 0.29) is 0 Å². The molecule has 17 heavy (non-hydrogen) atoms. The molecule has 0 heterocycles. The summed E-state index contributed by atoms with van der Waals surface area (Å²) in [5, 5.41) is 0. The molecule has 0 radical (unpaired) electrons. The summed E-state index contributed by atoms with van der Waals surface area (Å²) in [5.74, 6) is 0.839. The summed E-state index contributed by atoms with van der Waals surface area (Å²) < 4.78 is 41.6. The van der Waals surface area contributed by atoms with Crippen LogP contribution < -0.4 is 4.74 Å². The van der Waals surface area contributed by atoms with E-state index in [1.165, 1.54) is 0 Å². The Morgan fingerprint density at radius 1 is 1.18 bits per heavy atom. The molecule has 96 valence electrons. The zero-order chi connectivity index (χ0) is 13.1. The lowest BCUT2D eigenvalue weighted by atomic mass is 10.0. The molecule has 5 heteroatoms. The molecule has 1 atom stereocenters. The third-order valence-electron chi connectivity index (χ3n) is 2.30. The first-order valence-corrected chi connectivity index (χ1v) is 6.16. The summed E-state index contributed by atoms with van der Waals surface area (Å²) >= 11 is 2.54. The van der Waals surface area contributed by atoms with E-state index in [4.69, 9.17) is 4.74 Å². The Hall–Kier alpha value is -0.710. The number of rotatable bonds is 4. The lowest BCUT2D eigenvalue weighted by Crippen LogP contribution is -2.28. The van der Waals surface area contributed by atoms with E-state index in [1.807, 2.05) is 26.0 Å². The van der Waals surface area contributed by atoms with E-state index in [0.717, 1.165) is 5.56 Å². The number of benzene rings is 1. The van der Waals surface area contributed by atoms with Gasteiger partial charge in [-0.15, -0.1) is 0 Å². The van der Waals surface area contributed by atoms with E-state index >= 15 is 0 Å². The SMILES string of the molecule is CC(C)c1ccc(OCC(Br)C(F)(F)F)cc1. The molecule has 0 aromatic heterocycles. The highest BCUT2D eigenvalue weighted by Crippen LogP contribution is 2.27. The summed E-state index contributed by atoms with van der Waals surface area (Å²) in [5.41, 5.74) is 1.13. The lowest BCUT2D eigenvalue weighted by molar-refractivity contribution is -0.132. The minimum absolute atomic E-state index is 0.392. The Kier molecular flexibility index (Phi) is 4.86. The number of alkyl halides is 4. The molecule has 0 aliphatic rings. The molecule has 0 aliphatic carbocycles. The molecule has 0 amide bonds. The number of hydrogen-bond donors (Lipinski definition) is 0. The van der Waals surface area contributed by atoms with Gasteiger partial charge < -0.3 is 4.74 Å².